The zero-order valence-electron chi connectivity index (χ0n) is 18.5. The van der Waals surface area contributed by atoms with E-state index in [9.17, 15) is 20.0 Å². The SMILES string of the molecule is COc1ccc(-n2c3c(c(-c4ccccc4O)c(C#N)c2=O)CN(c2ccc(Cl)cc2)C3=O)cc1. The summed E-state index contributed by atoms with van der Waals surface area (Å²) < 4.78 is 6.47. The molecule has 1 aliphatic heterocycles. The number of methoxy groups -OCH3 is 1. The molecule has 0 unspecified atom stereocenters. The third-order valence-electron chi connectivity index (χ3n) is 6.00. The third-order valence-corrected chi connectivity index (χ3v) is 6.25. The molecule has 5 rings (SSSR count). The molecule has 8 heteroatoms. The van der Waals surface area contributed by atoms with Crippen LogP contribution in [0.3, 0.4) is 0 Å². The number of amides is 1. The summed E-state index contributed by atoms with van der Waals surface area (Å²) in [6.07, 6.45) is 0. The van der Waals surface area contributed by atoms with Crippen molar-refractivity contribution in [1.29, 1.82) is 5.26 Å². The number of rotatable bonds is 4. The molecule has 35 heavy (non-hydrogen) atoms. The molecule has 0 saturated heterocycles. The van der Waals surface area contributed by atoms with Crippen LogP contribution in [0.2, 0.25) is 5.02 Å². The second-order valence-corrected chi connectivity index (χ2v) is 8.35. The number of hydrogen-bond acceptors (Lipinski definition) is 5. The van der Waals surface area contributed by atoms with Gasteiger partial charge in [-0.25, -0.2) is 0 Å². The summed E-state index contributed by atoms with van der Waals surface area (Å²) >= 11 is 6.03. The fourth-order valence-electron chi connectivity index (χ4n) is 4.35. The van der Waals surface area contributed by atoms with E-state index in [-0.39, 0.29) is 29.1 Å². The van der Waals surface area contributed by atoms with Gasteiger partial charge in [-0.1, -0.05) is 29.8 Å². The van der Waals surface area contributed by atoms with E-state index in [1.54, 1.807) is 66.7 Å². The van der Waals surface area contributed by atoms with Crippen LogP contribution >= 0.6 is 11.6 Å². The van der Waals surface area contributed by atoms with Crippen LogP contribution in [-0.2, 0) is 6.54 Å². The maximum Gasteiger partial charge on any atom is 0.276 e. The lowest BCUT2D eigenvalue weighted by molar-refractivity contribution is 0.0990. The first-order valence-electron chi connectivity index (χ1n) is 10.7. The first-order valence-corrected chi connectivity index (χ1v) is 11.0. The molecular weight excluding hydrogens is 466 g/mol. The number of nitrogens with zero attached hydrogens (tertiary/aromatic N) is 3. The van der Waals surface area contributed by atoms with Crippen molar-refractivity contribution in [3.05, 3.63) is 105 Å². The normalized spacial score (nSPS) is 12.4. The van der Waals surface area contributed by atoms with E-state index in [1.807, 2.05) is 6.07 Å². The standard InChI is InChI=1S/C27H18ClN3O4/c1-35-19-12-10-18(11-13-19)31-25-22(15-30(27(25)34)17-8-6-16(28)7-9-17)24(21(14-29)26(31)33)20-4-2-3-5-23(20)32/h2-13,32H,15H2,1H3. The van der Waals surface area contributed by atoms with Crippen molar-refractivity contribution in [3.8, 4) is 34.4 Å². The molecule has 0 aliphatic carbocycles. The van der Waals surface area contributed by atoms with E-state index in [0.29, 0.717) is 33.3 Å². The van der Waals surface area contributed by atoms with Crippen LogP contribution in [0.15, 0.2) is 77.6 Å². The first-order chi connectivity index (χ1) is 16.9. The fraction of sp³-hybridized carbons (Fsp3) is 0.0741. The highest BCUT2D eigenvalue weighted by Crippen LogP contribution is 2.40. The summed E-state index contributed by atoms with van der Waals surface area (Å²) in [5, 5.41) is 21.1. The molecule has 0 bridgehead atoms. The van der Waals surface area contributed by atoms with E-state index in [4.69, 9.17) is 16.3 Å². The Hall–Kier alpha value is -4.54. The number of phenolic OH excluding ortho intramolecular Hbond substituents is 1. The van der Waals surface area contributed by atoms with Crippen molar-refractivity contribution in [3.63, 3.8) is 0 Å². The van der Waals surface area contributed by atoms with Crippen LogP contribution < -0.4 is 15.2 Å². The molecule has 0 saturated carbocycles. The maximum absolute atomic E-state index is 13.8. The van der Waals surface area contributed by atoms with E-state index in [0.717, 1.165) is 0 Å². The van der Waals surface area contributed by atoms with Gasteiger partial charge in [0.05, 0.1) is 13.7 Å². The summed E-state index contributed by atoms with van der Waals surface area (Å²) in [7, 11) is 1.53. The maximum atomic E-state index is 13.8. The molecule has 1 aromatic heterocycles. The van der Waals surface area contributed by atoms with Gasteiger partial charge in [0, 0.05) is 33.1 Å². The van der Waals surface area contributed by atoms with Crippen molar-refractivity contribution in [2.45, 2.75) is 6.54 Å². The molecule has 1 N–H and O–H groups in total. The predicted molar refractivity (Wildman–Crippen MR) is 132 cm³/mol. The Morgan fingerprint density at radius 1 is 0.971 bits per heavy atom. The highest BCUT2D eigenvalue weighted by atomic mass is 35.5. The number of aromatic hydroxyl groups is 1. The van der Waals surface area contributed by atoms with Crippen molar-refractivity contribution in [2.24, 2.45) is 0 Å². The van der Waals surface area contributed by atoms with Gasteiger partial charge < -0.3 is 14.7 Å². The van der Waals surface area contributed by atoms with Crippen molar-refractivity contribution in [1.82, 2.24) is 4.57 Å². The van der Waals surface area contributed by atoms with Crippen molar-refractivity contribution in [2.75, 3.05) is 12.0 Å². The number of carbonyl (C=O) groups excluding carboxylic acids is 1. The molecule has 0 atom stereocenters. The molecule has 3 aromatic carbocycles. The molecule has 172 valence electrons. The number of aromatic nitrogens is 1. The van der Waals surface area contributed by atoms with E-state index < -0.39 is 11.5 Å². The molecular formula is C27H18ClN3O4. The Morgan fingerprint density at radius 3 is 2.26 bits per heavy atom. The highest BCUT2D eigenvalue weighted by molar-refractivity contribution is 6.30. The zero-order chi connectivity index (χ0) is 24.7. The Kier molecular flexibility index (Phi) is 5.51. The highest BCUT2D eigenvalue weighted by Gasteiger charge is 2.37. The number of halogens is 1. The number of ether oxygens (including phenoxy) is 1. The zero-order valence-corrected chi connectivity index (χ0v) is 19.3. The van der Waals surface area contributed by atoms with Gasteiger partial charge in [0.15, 0.2) is 0 Å². The number of benzene rings is 3. The molecule has 0 radical (unpaired) electrons. The summed E-state index contributed by atoms with van der Waals surface area (Å²) in [5.41, 5.74) is 1.36. The van der Waals surface area contributed by atoms with Crippen molar-refractivity contribution < 1.29 is 14.6 Å². The van der Waals surface area contributed by atoms with Crippen LogP contribution in [0.4, 0.5) is 5.69 Å². The number of para-hydroxylation sites is 1. The quantitative estimate of drug-likeness (QED) is 0.445. The lowest BCUT2D eigenvalue weighted by Crippen LogP contribution is -2.30. The van der Waals surface area contributed by atoms with Crippen LogP contribution in [0.5, 0.6) is 11.5 Å². The van der Waals surface area contributed by atoms with E-state index in [2.05, 4.69) is 0 Å². The molecule has 7 nitrogen and oxygen atoms in total. The molecule has 1 amide bonds. The topological polar surface area (TPSA) is 95.6 Å². The van der Waals surface area contributed by atoms with Gasteiger partial charge in [0.1, 0.15) is 28.8 Å². The molecule has 0 fully saturated rings. The van der Waals surface area contributed by atoms with Gasteiger partial charge in [-0.3, -0.25) is 14.2 Å². The minimum Gasteiger partial charge on any atom is -0.507 e. The molecule has 0 spiro atoms. The monoisotopic (exact) mass is 483 g/mol. The van der Waals surface area contributed by atoms with Crippen LogP contribution in [0.1, 0.15) is 21.6 Å². The molecule has 2 heterocycles. The summed E-state index contributed by atoms with van der Waals surface area (Å²) in [6.45, 7) is 0.102. The van der Waals surface area contributed by atoms with Gasteiger partial charge in [0.25, 0.3) is 11.5 Å². The lowest BCUT2D eigenvalue weighted by Gasteiger charge is -2.16. The van der Waals surface area contributed by atoms with Gasteiger partial charge >= 0.3 is 0 Å². The second-order valence-electron chi connectivity index (χ2n) is 7.91. The number of nitriles is 1. The van der Waals surface area contributed by atoms with Crippen molar-refractivity contribution >= 4 is 23.2 Å². The number of phenols is 1. The molecule has 4 aromatic rings. The fourth-order valence-corrected chi connectivity index (χ4v) is 4.48. The Bertz CT molecular complexity index is 1570. The number of hydrogen-bond donors (Lipinski definition) is 1. The Labute approximate surface area is 205 Å². The summed E-state index contributed by atoms with van der Waals surface area (Å²) in [4.78, 5) is 29.0. The average Bonchev–Trinajstić information content (AvgIpc) is 3.21. The van der Waals surface area contributed by atoms with E-state index >= 15 is 0 Å². The van der Waals surface area contributed by atoms with Crippen LogP contribution in [0.25, 0.3) is 16.8 Å². The lowest BCUT2D eigenvalue weighted by atomic mass is 9.94. The summed E-state index contributed by atoms with van der Waals surface area (Å²) in [6, 6.07) is 21.9. The largest absolute Gasteiger partial charge is 0.507 e. The van der Waals surface area contributed by atoms with Crippen LogP contribution in [0, 0.1) is 11.3 Å². The third kappa shape index (κ3) is 3.61. The number of anilines is 1. The number of fused-ring (bicyclic) bond motifs is 1. The predicted octanol–water partition coefficient (Wildman–Crippen LogP) is 4.90. The van der Waals surface area contributed by atoms with Gasteiger partial charge in [-0.05, 0) is 54.6 Å². The minimum atomic E-state index is -0.652. The van der Waals surface area contributed by atoms with Crippen LogP contribution in [-0.4, -0.2) is 22.7 Å². The second kappa shape index (κ2) is 8.67. The molecule has 1 aliphatic rings. The van der Waals surface area contributed by atoms with Gasteiger partial charge in [-0.15, -0.1) is 0 Å². The minimum absolute atomic E-state index is 0.0924. The van der Waals surface area contributed by atoms with E-state index in [1.165, 1.54) is 22.6 Å². The first kappa shape index (κ1) is 22.3. The Balaban J connectivity index is 1.84. The van der Waals surface area contributed by atoms with Gasteiger partial charge in [0.2, 0.25) is 0 Å². The number of carbonyl (C=O) groups is 1. The average molecular weight is 484 g/mol. The van der Waals surface area contributed by atoms with Gasteiger partial charge in [-0.2, -0.15) is 5.26 Å². The Morgan fingerprint density at radius 2 is 1.63 bits per heavy atom. The summed E-state index contributed by atoms with van der Waals surface area (Å²) in [5.74, 6) is 0.0838. The smallest absolute Gasteiger partial charge is 0.276 e. The number of pyridine rings is 1.